The fourth-order valence-corrected chi connectivity index (χ4v) is 2.90. The van der Waals surface area contributed by atoms with Gasteiger partial charge in [-0.05, 0) is 43.9 Å². The van der Waals surface area contributed by atoms with Gasteiger partial charge in [0.05, 0.1) is 14.2 Å². The molecule has 0 heterocycles. The van der Waals surface area contributed by atoms with Crippen molar-refractivity contribution in [1.82, 2.24) is 20.9 Å². The summed E-state index contributed by atoms with van der Waals surface area (Å²) in [5.74, 6) is 2.07. The lowest BCUT2D eigenvalue weighted by Crippen LogP contribution is -2.36. The largest absolute Gasteiger partial charge is 0.497 e. The number of likely N-dealkylation sites (N-methyl/N-ethyl adjacent to an activating group) is 1. The minimum Gasteiger partial charge on any atom is -0.497 e. The Balaban J connectivity index is 0.00000512. The molecule has 2 aromatic rings. The van der Waals surface area contributed by atoms with Gasteiger partial charge in [-0.1, -0.05) is 12.1 Å². The van der Waals surface area contributed by atoms with Crippen LogP contribution in [0.2, 0.25) is 0 Å². The number of nitrogens with zero attached hydrogens (tertiary/aromatic N) is 2. The molecule has 0 aliphatic heterocycles. The monoisotopic (exact) mass is 555 g/mol. The molecule has 0 aliphatic carbocycles. The Bertz CT molecular complexity index is 890. The van der Waals surface area contributed by atoms with E-state index in [1.54, 1.807) is 21.3 Å². The Morgan fingerprint density at radius 1 is 1.00 bits per heavy atom. The summed E-state index contributed by atoms with van der Waals surface area (Å²) >= 11 is 0. The van der Waals surface area contributed by atoms with Gasteiger partial charge in [-0.2, -0.15) is 0 Å². The number of aliphatic imine (C=N–C) groups is 1. The van der Waals surface area contributed by atoms with E-state index in [1.807, 2.05) is 61.5 Å². The predicted octanol–water partition coefficient (Wildman–Crippen LogP) is 2.48. The number of carbonyl (C=O) groups excluding carboxylic acids is 1. The van der Waals surface area contributed by atoms with E-state index in [2.05, 4.69) is 20.9 Å². The number of benzene rings is 2. The van der Waals surface area contributed by atoms with Crippen LogP contribution in [-0.4, -0.2) is 65.2 Å². The van der Waals surface area contributed by atoms with E-state index in [-0.39, 0.29) is 29.9 Å². The fraction of sp³-hybridized carbons (Fsp3) is 0.391. The number of rotatable bonds is 10. The lowest BCUT2D eigenvalue weighted by atomic mass is 10.1. The summed E-state index contributed by atoms with van der Waals surface area (Å²) in [6.45, 7) is 2.49. The van der Waals surface area contributed by atoms with E-state index in [1.165, 1.54) is 0 Å². The van der Waals surface area contributed by atoms with Gasteiger partial charge >= 0.3 is 0 Å². The van der Waals surface area contributed by atoms with Crippen molar-refractivity contribution in [3.8, 4) is 11.5 Å². The van der Waals surface area contributed by atoms with E-state index < -0.39 is 0 Å². The standard InChI is InChI=1S/C23H33N5O3.HI/c1-24-23(27-16-19-9-10-20(30-4)14-21(19)31-5)26-15-17-7-6-8-18(13-17)22(29)25-11-12-28(2)3;/h6-10,13-14H,11-12,15-16H2,1-5H3,(H,25,29)(H2,24,26,27);1H. The summed E-state index contributed by atoms with van der Waals surface area (Å²) in [4.78, 5) is 18.6. The van der Waals surface area contributed by atoms with Crippen molar-refractivity contribution in [2.75, 3.05) is 48.5 Å². The van der Waals surface area contributed by atoms with Crippen molar-refractivity contribution in [3.05, 3.63) is 59.2 Å². The lowest BCUT2D eigenvalue weighted by Gasteiger charge is -2.15. The molecule has 3 N–H and O–H groups in total. The van der Waals surface area contributed by atoms with Crippen molar-refractivity contribution in [2.24, 2.45) is 4.99 Å². The van der Waals surface area contributed by atoms with Crippen LogP contribution in [0.25, 0.3) is 0 Å². The molecule has 0 fully saturated rings. The quantitative estimate of drug-likeness (QED) is 0.237. The van der Waals surface area contributed by atoms with E-state index in [0.29, 0.717) is 31.2 Å². The average Bonchev–Trinajstić information content (AvgIpc) is 2.79. The zero-order chi connectivity index (χ0) is 22.6. The highest BCUT2D eigenvalue weighted by Gasteiger charge is 2.08. The smallest absolute Gasteiger partial charge is 0.251 e. The molecule has 176 valence electrons. The summed E-state index contributed by atoms with van der Waals surface area (Å²) < 4.78 is 10.7. The van der Waals surface area contributed by atoms with E-state index in [4.69, 9.17) is 9.47 Å². The third-order valence-electron chi connectivity index (χ3n) is 4.66. The van der Waals surface area contributed by atoms with Gasteiger partial charge in [-0.25, -0.2) is 0 Å². The van der Waals surface area contributed by atoms with Crippen molar-refractivity contribution in [1.29, 1.82) is 0 Å². The first-order chi connectivity index (χ1) is 15.0. The molecule has 0 saturated carbocycles. The average molecular weight is 555 g/mol. The highest BCUT2D eigenvalue weighted by Crippen LogP contribution is 2.24. The number of hydrogen-bond donors (Lipinski definition) is 3. The van der Waals surface area contributed by atoms with Gasteiger partial charge in [0.15, 0.2) is 5.96 Å². The maximum atomic E-state index is 12.3. The van der Waals surface area contributed by atoms with Crippen LogP contribution in [0.5, 0.6) is 11.5 Å². The first-order valence-corrected chi connectivity index (χ1v) is 10.1. The van der Waals surface area contributed by atoms with Crippen LogP contribution in [-0.2, 0) is 13.1 Å². The van der Waals surface area contributed by atoms with Gasteiger partial charge in [0.1, 0.15) is 11.5 Å². The van der Waals surface area contributed by atoms with Crippen molar-refractivity contribution >= 4 is 35.8 Å². The van der Waals surface area contributed by atoms with Gasteiger partial charge in [0.2, 0.25) is 0 Å². The van der Waals surface area contributed by atoms with Gasteiger partial charge in [-0.3, -0.25) is 9.79 Å². The van der Waals surface area contributed by atoms with Crippen LogP contribution in [0.4, 0.5) is 0 Å². The summed E-state index contributed by atoms with van der Waals surface area (Å²) in [5.41, 5.74) is 2.62. The number of nitrogens with one attached hydrogen (secondary N) is 3. The Morgan fingerprint density at radius 2 is 1.75 bits per heavy atom. The second-order valence-corrected chi connectivity index (χ2v) is 7.22. The molecule has 0 bridgehead atoms. The Labute approximate surface area is 207 Å². The Hall–Kier alpha value is -2.53. The van der Waals surface area contributed by atoms with Gasteiger partial charge in [0.25, 0.3) is 5.91 Å². The van der Waals surface area contributed by atoms with E-state index >= 15 is 0 Å². The number of methoxy groups -OCH3 is 2. The topological polar surface area (TPSA) is 87.2 Å². The minimum absolute atomic E-state index is 0. The molecular formula is C23H34IN5O3. The van der Waals surface area contributed by atoms with Crippen LogP contribution in [0.1, 0.15) is 21.5 Å². The third-order valence-corrected chi connectivity index (χ3v) is 4.66. The van der Waals surface area contributed by atoms with Gasteiger partial charge in [-0.15, -0.1) is 24.0 Å². The molecule has 2 rings (SSSR count). The third kappa shape index (κ3) is 8.91. The van der Waals surface area contributed by atoms with E-state index in [0.717, 1.165) is 29.2 Å². The minimum atomic E-state index is -0.0715. The molecular weight excluding hydrogens is 521 g/mol. The van der Waals surface area contributed by atoms with Crippen LogP contribution >= 0.6 is 24.0 Å². The molecule has 9 heteroatoms. The summed E-state index contributed by atoms with van der Waals surface area (Å²) in [7, 11) is 8.93. The SMILES string of the molecule is CN=C(NCc1cccc(C(=O)NCCN(C)C)c1)NCc1ccc(OC)cc1OC.I. The predicted molar refractivity (Wildman–Crippen MR) is 139 cm³/mol. The maximum Gasteiger partial charge on any atom is 0.251 e. The summed E-state index contributed by atoms with van der Waals surface area (Å²) in [5, 5.41) is 9.49. The van der Waals surface area contributed by atoms with Gasteiger partial charge < -0.3 is 30.3 Å². The number of amides is 1. The second-order valence-electron chi connectivity index (χ2n) is 7.22. The molecule has 1 amide bonds. The Morgan fingerprint density at radius 3 is 2.41 bits per heavy atom. The van der Waals surface area contributed by atoms with Crippen molar-refractivity contribution < 1.29 is 14.3 Å². The summed E-state index contributed by atoms with van der Waals surface area (Å²) in [6, 6.07) is 13.3. The molecule has 32 heavy (non-hydrogen) atoms. The number of hydrogen-bond acceptors (Lipinski definition) is 5. The van der Waals surface area contributed by atoms with Crippen LogP contribution in [0.3, 0.4) is 0 Å². The zero-order valence-electron chi connectivity index (χ0n) is 19.4. The molecule has 0 aromatic heterocycles. The molecule has 0 radical (unpaired) electrons. The molecule has 0 atom stereocenters. The van der Waals surface area contributed by atoms with Crippen molar-refractivity contribution in [2.45, 2.75) is 13.1 Å². The summed E-state index contributed by atoms with van der Waals surface area (Å²) in [6.07, 6.45) is 0. The molecule has 8 nitrogen and oxygen atoms in total. The maximum absolute atomic E-state index is 12.3. The number of carbonyl (C=O) groups is 1. The van der Waals surface area contributed by atoms with Crippen LogP contribution < -0.4 is 25.4 Å². The highest BCUT2D eigenvalue weighted by atomic mass is 127. The Kier molecular flexibility index (Phi) is 12.5. The zero-order valence-corrected chi connectivity index (χ0v) is 21.7. The number of ether oxygens (including phenoxy) is 2. The molecule has 2 aromatic carbocycles. The van der Waals surface area contributed by atoms with E-state index in [9.17, 15) is 4.79 Å². The fourth-order valence-electron chi connectivity index (χ4n) is 2.90. The molecule has 0 spiro atoms. The van der Waals surface area contributed by atoms with Crippen LogP contribution in [0.15, 0.2) is 47.5 Å². The molecule has 0 saturated heterocycles. The number of halogens is 1. The molecule has 0 aliphatic rings. The first kappa shape index (κ1) is 27.5. The highest BCUT2D eigenvalue weighted by molar-refractivity contribution is 14.0. The number of guanidine groups is 1. The molecule has 0 unspecified atom stereocenters. The van der Waals surface area contributed by atoms with Crippen LogP contribution in [0, 0.1) is 0 Å². The second kappa shape index (κ2) is 14.5. The first-order valence-electron chi connectivity index (χ1n) is 10.1. The lowest BCUT2D eigenvalue weighted by molar-refractivity contribution is 0.0951. The van der Waals surface area contributed by atoms with Gasteiger partial charge in [0, 0.05) is 50.4 Å². The van der Waals surface area contributed by atoms with Crippen molar-refractivity contribution in [3.63, 3.8) is 0 Å². The normalized spacial score (nSPS) is 10.9.